The molecule has 94 valence electrons. The van der Waals surface area contributed by atoms with Gasteiger partial charge in [-0.3, -0.25) is 9.59 Å². The van der Waals surface area contributed by atoms with Gasteiger partial charge in [-0.2, -0.15) is 0 Å². The van der Waals surface area contributed by atoms with Crippen LogP contribution in [0.2, 0.25) is 5.02 Å². The summed E-state index contributed by atoms with van der Waals surface area (Å²) in [5.74, 6) is -0.349. The van der Waals surface area contributed by atoms with E-state index < -0.39 is 0 Å². The van der Waals surface area contributed by atoms with Crippen molar-refractivity contribution in [1.82, 2.24) is 0 Å². The van der Waals surface area contributed by atoms with E-state index in [0.29, 0.717) is 29.2 Å². The molecule has 0 aliphatic carbocycles. The van der Waals surface area contributed by atoms with Gasteiger partial charge in [0.25, 0.3) is 0 Å². The number of ether oxygens (including phenoxy) is 1. The number of carbonyl (C=O) groups excluding carboxylic acids is 2. The molecule has 1 aliphatic heterocycles. The summed E-state index contributed by atoms with van der Waals surface area (Å²) in [6, 6.07) is 6.54. The van der Waals surface area contributed by atoms with Crippen LogP contribution in [0.1, 0.15) is 29.6 Å². The predicted octanol–water partition coefficient (Wildman–Crippen LogP) is 3.18. The average molecular weight is 265 g/mol. The van der Waals surface area contributed by atoms with Gasteiger partial charge in [-0.05, 0) is 37.1 Å². The van der Waals surface area contributed by atoms with E-state index in [1.165, 1.54) is 6.26 Å². The van der Waals surface area contributed by atoms with Gasteiger partial charge in [0.15, 0.2) is 11.6 Å². The van der Waals surface area contributed by atoms with E-state index >= 15 is 0 Å². The van der Waals surface area contributed by atoms with Crippen molar-refractivity contribution in [2.75, 3.05) is 6.61 Å². The van der Waals surface area contributed by atoms with E-state index in [9.17, 15) is 9.59 Å². The van der Waals surface area contributed by atoms with E-state index in [4.69, 9.17) is 16.3 Å². The first kappa shape index (κ1) is 12.8. The van der Waals surface area contributed by atoms with Crippen molar-refractivity contribution in [3.05, 3.63) is 46.7 Å². The van der Waals surface area contributed by atoms with E-state index in [1.54, 1.807) is 24.3 Å². The second-order valence-electron chi connectivity index (χ2n) is 4.15. The maximum atomic E-state index is 11.9. The quantitative estimate of drug-likeness (QED) is 0.620. The second kappa shape index (κ2) is 5.83. The van der Waals surface area contributed by atoms with Gasteiger partial charge in [-0.25, -0.2) is 0 Å². The molecule has 0 fully saturated rings. The van der Waals surface area contributed by atoms with Crippen LogP contribution in [0.5, 0.6) is 0 Å². The fraction of sp³-hybridized carbons (Fsp3) is 0.286. The summed E-state index contributed by atoms with van der Waals surface area (Å²) in [5, 5.41) is 0.571. The van der Waals surface area contributed by atoms with Crippen LogP contribution in [-0.2, 0) is 9.53 Å². The van der Waals surface area contributed by atoms with Crippen LogP contribution in [-0.4, -0.2) is 18.2 Å². The van der Waals surface area contributed by atoms with Crippen molar-refractivity contribution in [2.45, 2.75) is 19.3 Å². The van der Waals surface area contributed by atoms with Gasteiger partial charge in [0.1, 0.15) is 0 Å². The minimum Gasteiger partial charge on any atom is -0.501 e. The minimum absolute atomic E-state index is 0.114. The van der Waals surface area contributed by atoms with Crippen LogP contribution in [0.3, 0.4) is 0 Å². The number of hydrogen-bond donors (Lipinski definition) is 0. The van der Waals surface area contributed by atoms with Gasteiger partial charge in [0.05, 0.1) is 19.3 Å². The van der Waals surface area contributed by atoms with Crippen LogP contribution < -0.4 is 0 Å². The maximum absolute atomic E-state index is 11.9. The lowest BCUT2D eigenvalue weighted by Crippen LogP contribution is -2.13. The Morgan fingerprint density at radius 2 is 1.89 bits per heavy atom. The Hall–Kier alpha value is -1.61. The Bertz CT molecular complexity index is 488. The summed E-state index contributed by atoms with van der Waals surface area (Å²) in [5.41, 5.74) is 1.11. The van der Waals surface area contributed by atoms with Crippen molar-refractivity contribution in [1.29, 1.82) is 0 Å². The molecule has 3 nitrogen and oxygen atoms in total. The average Bonchev–Trinajstić information content (AvgIpc) is 2.40. The van der Waals surface area contributed by atoms with Crippen LogP contribution in [0.15, 0.2) is 36.1 Å². The third-order valence-corrected chi connectivity index (χ3v) is 3.03. The summed E-state index contributed by atoms with van der Waals surface area (Å²) < 4.78 is 5.09. The lowest BCUT2D eigenvalue weighted by Gasteiger charge is -2.12. The Morgan fingerprint density at radius 1 is 1.17 bits per heavy atom. The second-order valence-corrected chi connectivity index (χ2v) is 4.58. The molecule has 0 saturated carbocycles. The molecular formula is C14H13ClO3. The summed E-state index contributed by atoms with van der Waals surface area (Å²) >= 11 is 5.74. The fourth-order valence-electron chi connectivity index (χ4n) is 1.77. The minimum atomic E-state index is -0.192. The predicted molar refractivity (Wildman–Crippen MR) is 68.7 cm³/mol. The summed E-state index contributed by atoms with van der Waals surface area (Å²) in [4.78, 5) is 23.7. The van der Waals surface area contributed by atoms with Crippen LogP contribution in [0.25, 0.3) is 0 Å². The molecule has 2 rings (SSSR count). The van der Waals surface area contributed by atoms with Gasteiger partial charge >= 0.3 is 0 Å². The third-order valence-electron chi connectivity index (χ3n) is 2.78. The Labute approximate surface area is 110 Å². The molecule has 0 spiro atoms. The molecule has 1 aromatic rings. The molecule has 18 heavy (non-hydrogen) atoms. The molecule has 1 aliphatic rings. The smallest absolute Gasteiger partial charge is 0.170 e. The molecule has 0 N–H and O–H groups in total. The molecule has 0 amide bonds. The Kier molecular flexibility index (Phi) is 4.15. The normalized spacial score (nSPS) is 14.6. The van der Waals surface area contributed by atoms with E-state index in [-0.39, 0.29) is 18.0 Å². The third kappa shape index (κ3) is 3.20. The number of ketones is 2. The highest BCUT2D eigenvalue weighted by Gasteiger charge is 2.17. The number of halogens is 1. The zero-order valence-electron chi connectivity index (χ0n) is 9.82. The zero-order valence-corrected chi connectivity index (χ0v) is 10.6. The molecule has 0 aromatic heterocycles. The Balaban J connectivity index is 2.00. The summed E-state index contributed by atoms with van der Waals surface area (Å²) in [7, 11) is 0. The van der Waals surface area contributed by atoms with Crippen molar-refractivity contribution < 1.29 is 14.3 Å². The first-order valence-electron chi connectivity index (χ1n) is 5.79. The molecule has 0 atom stereocenters. The highest BCUT2D eigenvalue weighted by molar-refractivity contribution is 6.30. The van der Waals surface area contributed by atoms with Crippen molar-refractivity contribution in [3.8, 4) is 0 Å². The molecular weight excluding hydrogens is 252 g/mol. The van der Waals surface area contributed by atoms with E-state index in [2.05, 4.69) is 0 Å². The van der Waals surface area contributed by atoms with Gasteiger partial charge in [-0.1, -0.05) is 11.6 Å². The number of hydrogen-bond acceptors (Lipinski definition) is 3. The lowest BCUT2D eigenvalue weighted by atomic mass is 9.99. The highest BCUT2D eigenvalue weighted by atomic mass is 35.5. The van der Waals surface area contributed by atoms with Crippen LogP contribution in [0.4, 0.5) is 0 Å². The van der Waals surface area contributed by atoms with E-state index in [1.807, 2.05) is 0 Å². The van der Waals surface area contributed by atoms with E-state index in [0.717, 1.165) is 6.42 Å². The van der Waals surface area contributed by atoms with Gasteiger partial charge < -0.3 is 4.74 Å². The standard InChI is InChI=1S/C14H13ClO3/c15-12-5-3-10(4-6-12)13(16)8-14(17)11-2-1-7-18-9-11/h3-6,9H,1-2,7-8H2. The monoisotopic (exact) mass is 264 g/mol. The van der Waals surface area contributed by atoms with Crippen molar-refractivity contribution >= 4 is 23.2 Å². The SMILES string of the molecule is O=C(CC(=O)c1ccc(Cl)cc1)C1=COCCC1. The van der Waals surface area contributed by atoms with Crippen molar-refractivity contribution in [3.63, 3.8) is 0 Å². The number of carbonyl (C=O) groups is 2. The van der Waals surface area contributed by atoms with Crippen LogP contribution in [0, 0.1) is 0 Å². The lowest BCUT2D eigenvalue weighted by molar-refractivity contribution is -0.115. The van der Waals surface area contributed by atoms with Crippen LogP contribution >= 0.6 is 11.6 Å². The highest BCUT2D eigenvalue weighted by Crippen LogP contribution is 2.16. The molecule has 0 bridgehead atoms. The fourth-order valence-corrected chi connectivity index (χ4v) is 1.89. The first-order chi connectivity index (χ1) is 8.66. The molecule has 1 aromatic carbocycles. The maximum Gasteiger partial charge on any atom is 0.170 e. The number of benzene rings is 1. The molecule has 0 saturated heterocycles. The molecule has 4 heteroatoms. The number of allylic oxidation sites excluding steroid dienone is 1. The van der Waals surface area contributed by atoms with Gasteiger partial charge in [0, 0.05) is 16.2 Å². The number of Topliss-reactive ketones (excluding diaryl/α,β-unsaturated/α-hetero) is 2. The zero-order chi connectivity index (χ0) is 13.0. The molecule has 0 unspecified atom stereocenters. The Morgan fingerprint density at radius 3 is 2.50 bits per heavy atom. The molecule has 0 radical (unpaired) electrons. The largest absolute Gasteiger partial charge is 0.501 e. The topological polar surface area (TPSA) is 43.4 Å². The summed E-state index contributed by atoms with van der Waals surface area (Å²) in [6.45, 7) is 0.641. The van der Waals surface area contributed by atoms with Gasteiger partial charge in [0.2, 0.25) is 0 Å². The van der Waals surface area contributed by atoms with Gasteiger partial charge in [-0.15, -0.1) is 0 Å². The molecule has 1 heterocycles. The summed E-state index contributed by atoms with van der Waals surface area (Å²) in [6.07, 6.45) is 2.87. The first-order valence-corrected chi connectivity index (χ1v) is 6.17. The van der Waals surface area contributed by atoms with Crippen molar-refractivity contribution in [2.24, 2.45) is 0 Å². The number of rotatable bonds is 4.